The first-order chi connectivity index (χ1) is 12.5. The fourth-order valence-electron chi connectivity index (χ4n) is 3.26. The minimum absolute atomic E-state index is 0.0331. The van der Waals surface area contributed by atoms with Gasteiger partial charge >= 0.3 is 5.97 Å². The molecule has 2 N–H and O–H groups in total. The second-order valence-corrected chi connectivity index (χ2v) is 10.7. The summed E-state index contributed by atoms with van der Waals surface area (Å²) >= 11 is 0. The van der Waals surface area contributed by atoms with Crippen molar-refractivity contribution in [3.8, 4) is 0 Å². The molecule has 1 unspecified atom stereocenters. The molecular weight excluding hydrogens is 366 g/mol. The summed E-state index contributed by atoms with van der Waals surface area (Å²) in [5, 5.41) is 11.5. The maximum atomic E-state index is 12.6. The van der Waals surface area contributed by atoms with E-state index in [1.165, 1.54) is 24.3 Å². The molecule has 1 saturated carbocycles. The molecule has 1 aromatic carbocycles. The molecule has 1 aliphatic rings. The Morgan fingerprint density at radius 3 is 2.19 bits per heavy atom. The van der Waals surface area contributed by atoms with Gasteiger partial charge in [-0.2, -0.15) is 0 Å². The zero-order valence-electron chi connectivity index (χ0n) is 16.2. The van der Waals surface area contributed by atoms with Crippen LogP contribution in [0.3, 0.4) is 0 Å². The van der Waals surface area contributed by atoms with E-state index in [4.69, 9.17) is 0 Å². The van der Waals surface area contributed by atoms with E-state index in [0.717, 1.165) is 12.8 Å². The Bertz CT molecular complexity index is 772. The van der Waals surface area contributed by atoms with E-state index in [2.05, 4.69) is 5.32 Å². The first-order valence-electron chi connectivity index (χ1n) is 9.38. The van der Waals surface area contributed by atoms with Crippen LogP contribution >= 0.6 is 0 Å². The van der Waals surface area contributed by atoms with Crippen molar-refractivity contribution in [2.45, 2.75) is 75.5 Å². The summed E-state index contributed by atoms with van der Waals surface area (Å²) in [7, 11) is -3.37. The molecule has 6 nitrogen and oxygen atoms in total. The summed E-state index contributed by atoms with van der Waals surface area (Å²) in [5.74, 6) is -1.59. The van der Waals surface area contributed by atoms with Gasteiger partial charge in [-0.25, -0.2) is 13.2 Å². The van der Waals surface area contributed by atoms with Crippen LogP contribution in [0.2, 0.25) is 0 Å². The van der Waals surface area contributed by atoms with E-state index in [1.807, 2.05) is 20.8 Å². The summed E-state index contributed by atoms with van der Waals surface area (Å²) in [6.07, 6.45) is 4.20. The molecule has 27 heavy (non-hydrogen) atoms. The van der Waals surface area contributed by atoms with Crippen molar-refractivity contribution in [2.24, 2.45) is 5.41 Å². The Morgan fingerprint density at radius 2 is 1.70 bits per heavy atom. The highest BCUT2D eigenvalue weighted by atomic mass is 32.2. The van der Waals surface area contributed by atoms with Gasteiger partial charge in [0.05, 0.1) is 10.1 Å². The minimum atomic E-state index is -3.37. The number of aliphatic carboxylic acids is 1. The van der Waals surface area contributed by atoms with E-state index >= 15 is 0 Å². The van der Waals surface area contributed by atoms with Crippen LogP contribution < -0.4 is 5.32 Å². The van der Waals surface area contributed by atoms with Crippen LogP contribution in [0.5, 0.6) is 0 Å². The van der Waals surface area contributed by atoms with Crippen molar-refractivity contribution in [2.75, 3.05) is 0 Å². The first kappa shape index (κ1) is 21.4. The molecule has 1 atom stereocenters. The van der Waals surface area contributed by atoms with Crippen molar-refractivity contribution >= 4 is 21.7 Å². The molecule has 150 valence electrons. The van der Waals surface area contributed by atoms with E-state index in [9.17, 15) is 23.1 Å². The number of carbonyl (C=O) groups excluding carboxylic acids is 1. The summed E-state index contributed by atoms with van der Waals surface area (Å²) in [5.41, 5.74) is 0.219. The predicted octanol–water partition coefficient (Wildman–Crippen LogP) is 3.41. The highest BCUT2D eigenvalue weighted by Crippen LogP contribution is 2.29. The Balaban J connectivity index is 2.06. The lowest BCUT2D eigenvalue weighted by Crippen LogP contribution is -2.41. The number of amides is 1. The number of rotatable bonds is 7. The molecule has 1 aliphatic carbocycles. The lowest BCUT2D eigenvalue weighted by Gasteiger charge is -2.21. The van der Waals surface area contributed by atoms with Crippen LogP contribution in [-0.2, 0) is 14.6 Å². The topological polar surface area (TPSA) is 101 Å². The van der Waals surface area contributed by atoms with Gasteiger partial charge < -0.3 is 10.4 Å². The monoisotopic (exact) mass is 395 g/mol. The molecule has 2 rings (SSSR count). The van der Waals surface area contributed by atoms with E-state index in [-0.39, 0.29) is 21.1 Å². The molecule has 0 saturated heterocycles. The van der Waals surface area contributed by atoms with E-state index in [1.54, 1.807) is 0 Å². The van der Waals surface area contributed by atoms with Gasteiger partial charge in [-0.1, -0.05) is 33.6 Å². The SMILES string of the molecule is CC(C)(C)CCC(NC(=O)c1ccc(S(=O)(=O)C2CCCC2)cc1)C(=O)O. The van der Waals surface area contributed by atoms with Gasteiger partial charge in [-0.3, -0.25) is 4.79 Å². The van der Waals surface area contributed by atoms with Gasteiger partial charge in [-0.05, 0) is 55.4 Å². The zero-order valence-corrected chi connectivity index (χ0v) is 17.0. The molecule has 1 aromatic rings. The average Bonchev–Trinajstić information content (AvgIpc) is 3.12. The predicted molar refractivity (Wildman–Crippen MR) is 103 cm³/mol. The van der Waals surface area contributed by atoms with Crippen molar-refractivity contribution in [1.82, 2.24) is 5.32 Å². The van der Waals surface area contributed by atoms with Crippen LogP contribution in [-0.4, -0.2) is 36.7 Å². The molecule has 7 heteroatoms. The number of hydrogen-bond acceptors (Lipinski definition) is 4. The van der Waals surface area contributed by atoms with Crippen molar-refractivity contribution < 1.29 is 23.1 Å². The third-order valence-corrected chi connectivity index (χ3v) is 7.25. The molecule has 0 aromatic heterocycles. The van der Waals surface area contributed by atoms with Gasteiger partial charge in [-0.15, -0.1) is 0 Å². The number of carbonyl (C=O) groups is 2. The smallest absolute Gasteiger partial charge is 0.326 e. The third-order valence-electron chi connectivity index (χ3n) is 4.97. The molecule has 0 heterocycles. The van der Waals surface area contributed by atoms with Crippen LogP contribution in [0.15, 0.2) is 29.2 Å². The zero-order chi connectivity index (χ0) is 20.2. The quantitative estimate of drug-likeness (QED) is 0.737. The van der Waals surface area contributed by atoms with Crippen LogP contribution in [0, 0.1) is 5.41 Å². The Morgan fingerprint density at radius 1 is 1.15 bits per heavy atom. The average molecular weight is 396 g/mol. The van der Waals surface area contributed by atoms with Crippen LogP contribution in [0.4, 0.5) is 0 Å². The van der Waals surface area contributed by atoms with Gasteiger partial charge in [0.1, 0.15) is 6.04 Å². The van der Waals surface area contributed by atoms with Crippen LogP contribution in [0.25, 0.3) is 0 Å². The highest BCUT2D eigenvalue weighted by molar-refractivity contribution is 7.92. The number of benzene rings is 1. The minimum Gasteiger partial charge on any atom is -0.480 e. The van der Waals surface area contributed by atoms with Gasteiger partial charge in [0, 0.05) is 5.56 Å². The molecule has 0 radical (unpaired) electrons. The van der Waals surface area contributed by atoms with E-state index < -0.39 is 27.8 Å². The van der Waals surface area contributed by atoms with Gasteiger partial charge in [0.15, 0.2) is 9.84 Å². The standard InChI is InChI=1S/C20H29NO5S/c1-20(2,3)13-12-17(19(23)24)21-18(22)14-8-10-16(11-9-14)27(25,26)15-6-4-5-7-15/h8-11,15,17H,4-7,12-13H2,1-3H3,(H,21,22)(H,23,24). The summed E-state index contributed by atoms with van der Waals surface area (Å²) in [6, 6.07) is 4.79. The fraction of sp³-hybridized carbons (Fsp3) is 0.600. The molecule has 0 aliphatic heterocycles. The van der Waals surface area contributed by atoms with Crippen molar-refractivity contribution in [3.63, 3.8) is 0 Å². The van der Waals surface area contributed by atoms with Gasteiger partial charge in [0.25, 0.3) is 5.91 Å². The summed E-state index contributed by atoms with van der Waals surface area (Å²) in [4.78, 5) is 24.0. The molecule has 1 fully saturated rings. The summed E-state index contributed by atoms with van der Waals surface area (Å²) < 4.78 is 25.2. The lowest BCUT2D eigenvalue weighted by atomic mass is 9.88. The number of carboxylic acids is 1. The maximum Gasteiger partial charge on any atom is 0.326 e. The normalized spacial score (nSPS) is 16.9. The molecule has 0 spiro atoms. The molecular formula is C20H29NO5S. The van der Waals surface area contributed by atoms with Gasteiger partial charge in [0.2, 0.25) is 0 Å². The second-order valence-electron chi connectivity index (χ2n) is 8.44. The number of sulfone groups is 1. The molecule has 1 amide bonds. The Labute approximate surface area is 161 Å². The van der Waals surface area contributed by atoms with Crippen molar-refractivity contribution in [3.05, 3.63) is 29.8 Å². The summed E-state index contributed by atoms with van der Waals surface area (Å²) in [6.45, 7) is 6.03. The third kappa shape index (κ3) is 5.79. The Hall–Kier alpha value is -1.89. The largest absolute Gasteiger partial charge is 0.480 e. The van der Waals surface area contributed by atoms with Crippen molar-refractivity contribution in [1.29, 1.82) is 0 Å². The highest BCUT2D eigenvalue weighted by Gasteiger charge is 2.30. The maximum absolute atomic E-state index is 12.6. The Kier molecular flexibility index (Phi) is 6.68. The lowest BCUT2D eigenvalue weighted by molar-refractivity contribution is -0.139. The number of hydrogen-bond donors (Lipinski definition) is 2. The number of carboxylic acid groups (broad SMARTS) is 1. The van der Waals surface area contributed by atoms with Crippen LogP contribution in [0.1, 0.15) is 69.7 Å². The first-order valence-corrected chi connectivity index (χ1v) is 10.9. The molecule has 0 bridgehead atoms. The number of nitrogens with one attached hydrogen (secondary N) is 1. The second kappa shape index (κ2) is 8.42. The van der Waals surface area contributed by atoms with E-state index in [0.29, 0.717) is 25.7 Å². The fourth-order valence-corrected chi connectivity index (χ4v) is 5.12.